The molecule has 5 rings (SSSR count). The largest absolute Gasteiger partial charge is 0.339 e. The van der Waals surface area contributed by atoms with Crippen LogP contribution in [0.3, 0.4) is 0 Å². The van der Waals surface area contributed by atoms with Gasteiger partial charge < -0.3 is 10.2 Å². The highest BCUT2D eigenvalue weighted by Crippen LogP contribution is 2.60. The topological polar surface area (TPSA) is 49.4 Å². The number of carbonyl (C=O) groups is 2. The van der Waals surface area contributed by atoms with Crippen molar-refractivity contribution in [1.82, 2.24) is 4.90 Å². The Balaban J connectivity index is 1.48. The zero-order chi connectivity index (χ0) is 19.7. The maximum atomic E-state index is 13.3. The fourth-order valence-corrected chi connectivity index (χ4v) is 6.42. The van der Waals surface area contributed by atoms with Crippen LogP contribution in [0.2, 0.25) is 0 Å². The molecular weight excluding hydrogens is 348 g/mol. The van der Waals surface area contributed by atoms with Gasteiger partial charge in [0.1, 0.15) is 0 Å². The first-order chi connectivity index (χ1) is 13.5. The van der Waals surface area contributed by atoms with Gasteiger partial charge in [0.05, 0.1) is 5.41 Å². The number of anilines is 1. The number of benzene rings is 1. The summed E-state index contributed by atoms with van der Waals surface area (Å²) in [6, 6.07) is 7.53. The van der Waals surface area contributed by atoms with Crippen molar-refractivity contribution < 1.29 is 9.59 Å². The average molecular weight is 383 g/mol. The summed E-state index contributed by atoms with van der Waals surface area (Å²) in [6.45, 7) is 5.74. The van der Waals surface area contributed by atoms with Gasteiger partial charge in [-0.3, -0.25) is 9.59 Å². The van der Waals surface area contributed by atoms with E-state index in [9.17, 15) is 9.59 Å². The van der Waals surface area contributed by atoms with Gasteiger partial charge in [0.25, 0.3) is 5.91 Å². The van der Waals surface area contributed by atoms with Crippen LogP contribution in [-0.2, 0) is 4.79 Å². The van der Waals surface area contributed by atoms with Gasteiger partial charge in [-0.2, -0.15) is 0 Å². The lowest BCUT2D eigenvalue weighted by atomic mass is 9.49. The molecule has 4 fully saturated rings. The molecule has 4 heteroatoms. The van der Waals surface area contributed by atoms with Crippen LogP contribution in [0.1, 0.15) is 75.6 Å². The summed E-state index contributed by atoms with van der Waals surface area (Å²) in [5.74, 6) is 2.51. The monoisotopic (exact) mass is 382 g/mol. The van der Waals surface area contributed by atoms with E-state index < -0.39 is 0 Å². The summed E-state index contributed by atoms with van der Waals surface area (Å²) >= 11 is 0. The molecule has 0 unspecified atom stereocenters. The summed E-state index contributed by atoms with van der Waals surface area (Å²) in [7, 11) is 0. The zero-order valence-electron chi connectivity index (χ0n) is 17.4. The average Bonchev–Trinajstić information content (AvgIpc) is 2.66. The zero-order valence-corrected chi connectivity index (χ0v) is 17.4. The van der Waals surface area contributed by atoms with Crippen molar-refractivity contribution >= 4 is 17.5 Å². The van der Waals surface area contributed by atoms with Crippen LogP contribution in [0.15, 0.2) is 24.3 Å². The first-order valence-corrected chi connectivity index (χ1v) is 11.2. The van der Waals surface area contributed by atoms with Crippen molar-refractivity contribution in [2.45, 2.75) is 65.2 Å². The Bertz CT molecular complexity index is 701. The lowest BCUT2D eigenvalue weighted by Crippen LogP contribution is -2.51. The minimum atomic E-state index is -0.161. The maximum absolute atomic E-state index is 13.3. The number of rotatable bonds is 7. The van der Waals surface area contributed by atoms with E-state index in [1.807, 2.05) is 29.2 Å². The number of hydrogen-bond donors (Lipinski definition) is 1. The van der Waals surface area contributed by atoms with Crippen molar-refractivity contribution in [2.75, 3.05) is 18.4 Å². The normalized spacial score (nSPS) is 30.3. The second-order valence-electron chi connectivity index (χ2n) is 9.53. The highest BCUT2D eigenvalue weighted by atomic mass is 16.2. The predicted molar refractivity (Wildman–Crippen MR) is 112 cm³/mol. The molecule has 1 aromatic carbocycles. The van der Waals surface area contributed by atoms with E-state index in [1.54, 1.807) is 0 Å². The van der Waals surface area contributed by atoms with Crippen LogP contribution in [0.25, 0.3) is 0 Å². The second kappa shape index (κ2) is 7.88. The van der Waals surface area contributed by atoms with Gasteiger partial charge >= 0.3 is 0 Å². The molecule has 1 aromatic rings. The fourth-order valence-electron chi connectivity index (χ4n) is 6.42. The molecule has 0 heterocycles. The van der Waals surface area contributed by atoms with Gasteiger partial charge in [-0.15, -0.1) is 0 Å². The predicted octanol–water partition coefficient (Wildman–Crippen LogP) is 5.10. The molecule has 152 valence electrons. The Kier molecular flexibility index (Phi) is 5.48. The summed E-state index contributed by atoms with van der Waals surface area (Å²) in [4.78, 5) is 28.1. The van der Waals surface area contributed by atoms with Crippen LogP contribution >= 0.6 is 0 Å². The van der Waals surface area contributed by atoms with Crippen molar-refractivity contribution in [2.24, 2.45) is 23.2 Å². The Morgan fingerprint density at radius 1 is 1.00 bits per heavy atom. The summed E-state index contributed by atoms with van der Waals surface area (Å²) in [5.41, 5.74) is 1.27. The molecule has 2 amide bonds. The van der Waals surface area contributed by atoms with Crippen LogP contribution in [0, 0.1) is 23.2 Å². The minimum absolute atomic E-state index is 0.0644. The standard InChI is InChI=1S/C24H34N2O2/c1-3-8-26(9-4-2)22(27)20-6-5-7-21(13-20)25-23(28)24-14-17-10-18(15-24)12-19(11-17)16-24/h5-7,13,17-19H,3-4,8-12,14-16H2,1-2H3,(H,25,28). The van der Waals surface area contributed by atoms with Crippen molar-refractivity contribution in [3.05, 3.63) is 29.8 Å². The molecular formula is C24H34N2O2. The quantitative estimate of drug-likeness (QED) is 0.713. The lowest BCUT2D eigenvalue weighted by Gasteiger charge is -2.55. The van der Waals surface area contributed by atoms with Gasteiger partial charge in [0, 0.05) is 24.3 Å². The van der Waals surface area contributed by atoms with Crippen LogP contribution < -0.4 is 5.32 Å². The van der Waals surface area contributed by atoms with E-state index >= 15 is 0 Å². The smallest absolute Gasteiger partial charge is 0.253 e. The summed E-state index contributed by atoms with van der Waals surface area (Å²) in [5, 5.41) is 3.19. The highest BCUT2D eigenvalue weighted by Gasteiger charge is 2.54. The molecule has 4 saturated carbocycles. The number of hydrogen-bond acceptors (Lipinski definition) is 2. The molecule has 0 saturated heterocycles. The van der Waals surface area contributed by atoms with Crippen LogP contribution in [0.5, 0.6) is 0 Å². The van der Waals surface area contributed by atoms with E-state index in [0.29, 0.717) is 5.56 Å². The van der Waals surface area contributed by atoms with Gasteiger partial charge in [-0.05, 0) is 87.3 Å². The number of carbonyl (C=O) groups excluding carboxylic acids is 2. The van der Waals surface area contributed by atoms with Gasteiger partial charge in [-0.1, -0.05) is 19.9 Å². The molecule has 28 heavy (non-hydrogen) atoms. The molecule has 4 bridgehead atoms. The Labute approximate surface area is 169 Å². The molecule has 0 radical (unpaired) electrons. The third kappa shape index (κ3) is 3.70. The molecule has 4 aliphatic carbocycles. The first kappa shape index (κ1) is 19.5. The highest BCUT2D eigenvalue weighted by molar-refractivity contribution is 5.99. The van der Waals surface area contributed by atoms with Gasteiger partial charge in [-0.25, -0.2) is 0 Å². The summed E-state index contributed by atoms with van der Waals surface area (Å²) in [6.07, 6.45) is 9.09. The maximum Gasteiger partial charge on any atom is 0.253 e. The Morgan fingerprint density at radius 2 is 1.57 bits per heavy atom. The van der Waals surface area contributed by atoms with E-state index in [4.69, 9.17) is 0 Å². The Hall–Kier alpha value is -1.84. The van der Waals surface area contributed by atoms with E-state index in [1.165, 1.54) is 19.3 Å². The molecule has 0 aliphatic heterocycles. The first-order valence-electron chi connectivity index (χ1n) is 11.2. The second-order valence-corrected chi connectivity index (χ2v) is 9.53. The molecule has 0 aromatic heterocycles. The molecule has 4 aliphatic rings. The van der Waals surface area contributed by atoms with Gasteiger partial charge in [0.2, 0.25) is 5.91 Å². The van der Waals surface area contributed by atoms with Gasteiger partial charge in [0.15, 0.2) is 0 Å². The van der Waals surface area contributed by atoms with Crippen molar-refractivity contribution in [3.63, 3.8) is 0 Å². The Morgan fingerprint density at radius 3 is 2.11 bits per heavy atom. The van der Waals surface area contributed by atoms with E-state index in [2.05, 4.69) is 19.2 Å². The number of nitrogens with zero attached hydrogens (tertiary/aromatic N) is 1. The molecule has 0 spiro atoms. The number of amides is 2. The van der Waals surface area contributed by atoms with Crippen molar-refractivity contribution in [3.8, 4) is 0 Å². The molecule has 4 nitrogen and oxygen atoms in total. The van der Waals surface area contributed by atoms with E-state index in [-0.39, 0.29) is 17.2 Å². The third-order valence-corrected chi connectivity index (χ3v) is 7.16. The van der Waals surface area contributed by atoms with E-state index in [0.717, 1.165) is 68.6 Å². The summed E-state index contributed by atoms with van der Waals surface area (Å²) < 4.78 is 0. The fraction of sp³-hybridized carbons (Fsp3) is 0.667. The molecule has 1 N–H and O–H groups in total. The van der Waals surface area contributed by atoms with Crippen LogP contribution in [-0.4, -0.2) is 29.8 Å². The van der Waals surface area contributed by atoms with Crippen LogP contribution in [0.4, 0.5) is 5.69 Å². The molecule has 0 atom stereocenters. The lowest BCUT2D eigenvalue weighted by molar-refractivity contribution is -0.140. The minimum Gasteiger partial charge on any atom is -0.339 e. The van der Waals surface area contributed by atoms with Crippen molar-refractivity contribution in [1.29, 1.82) is 0 Å². The SMILES string of the molecule is CCCN(CCC)C(=O)c1cccc(NC(=O)C23CC4CC(CC(C4)C2)C3)c1. The third-order valence-electron chi connectivity index (χ3n) is 7.16. The number of nitrogens with one attached hydrogen (secondary N) is 1.